The van der Waals surface area contributed by atoms with E-state index < -0.39 is 0 Å². The second-order valence-corrected chi connectivity index (χ2v) is 7.16. The summed E-state index contributed by atoms with van der Waals surface area (Å²) < 4.78 is 24.3. The number of aromatic nitrogens is 1. The third-order valence-corrected chi connectivity index (χ3v) is 5.41. The maximum absolute atomic E-state index is 13.6. The Morgan fingerprint density at radius 3 is 2.90 bits per heavy atom. The molecule has 1 aromatic heterocycles. The first-order chi connectivity index (χ1) is 14.2. The number of halogens is 1. The standard InChI is InChI=1S/C24H22FNO3/c1-28-24(27)22-9-11-26-15-19(22)6-5-16-10-12-29-23-14-18(7-8-21(16)23)17-3-2-4-20(25)13-17/h2-4,7-9,11,13-16H,5-6,10,12H2,1H3/t16-/m1/s1. The van der Waals surface area contributed by atoms with Gasteiger partial charge in [-0.1, -0.05) is 24.3 Å². The molecule has 0 bridgehead atoms. The van der Waals surface area contributed by atoms with Gasteiger partial charge in [0, 0.05) is 12.4 Å². The molecule has 0 saturated carbocycles. The van der Waals surface area contributed by atoms with E-state index in [9.17, 15) is 9.18 Å². The number of hydrogen-bond acceptors (Lipinski definition) is 4. The highest BCUT2D eigenvalue weighted by atomic mass is 19.1. The fraction of sp³-hybridized carbons (Fsp3) is 0.250. The summed E-state index contributed by atoms with van der Waals surface area (Å²) in [6.45, 7) is 0.640. The molecule has 0 spiro atoms. The van der Waals surface area contributed by atoms with E-state index in [2.05, 4.69) is 11.1 Å². The number of methoxy groups -OCH3 is 1. The van der Waals surface area contributed by atoms with Gasteiger partial charge in [0.15, 0.2) is 0 Å². The van der Waals surface area contributed by atoms with Crippen molar-refractivity contribution in [2.45, 2.75) is 25.2 Å². The number of esters is 1. The normalized spacial score (nSPS) is 15.3. The van der Waals surface area contributed by atoms with Gasteiger partial charge in [0.1, 0.15) is 11.6 Å². The molecule has 1 aliphatic rings. The number of benzene rings is 2. The minimum absolute atomic E-state index is 0.253. The topological polar surface area (TPSA) is 48.4 Å². The molecule has 148 valence electrons. The number of aryl methyl sites for hydroxylation is 1. The Balaban J connectivity index is 1.54. The van der Waals surface area contributed by atoms with Crippen LogP contribution in [0.25, 0.3) is 11.1 Å². The van der Waals surface area contributed by atoms with Gasteiger partial charge in [-0.25, -0.2) is 9.18 Å². The van der Waals surface area contributed by atoms with Crippen LogP contribution in [0, 0.1) is 5.82 Å². The van der Waals surface area contributed by atoms with Crippen molar-refractivity contribution in [3.05, 3.63) is 83.4 Å². The van der Waals surface area contributed by atoms with Gasteiger partial charge in [0.2, 0.25) is 0 Å². The van der Waals surface area contributed by atoms with Crippen LogP contribution in [-0.2, 0) is 11.2 Å². The highest BCUT2D eigenvalue weighted by Gasteiger charge is 2.23. The van der Waals surface area contributed by atoms with Gasteiger partial charge < -0.3 is 9.47 Å². The lowest BCUT2D eigenvalue weighted by molar-refractivity contribution is 0.0599. The summed E-state index contributed by atoms with van der Waals surface area (Å²) in [7, 11) is 1.39. The first-order valence-corrected chi connectivity index (χ1v) is 9.69. The zero-order chi connectivity index (χ0) is 20.2. The number of nitrogens with zero attached hydrogens (tertiary/aromatic N) is 1. The van der Waals surface area contributed by atoms with E-state index >= 15 is 0 Å². The lowest BCUT2D eigenvalue weighted by Crippen LogP contribution is -2.15. The van der Waals surface area contributed by atoms with Crippen molar-refractivity contribution < 1.29 is 18.7 Å². The van der Waals surface area contributed by atoms with Crippen LogP contribution in [-0.4, -0.2) is 24.7 Å². The summed E-state index contributed by atoms with van der Waals surface area (Å²) in [5.74, 6) is 0.583. The van der Waals surface area contributed by atoms with Crippen molar-refractivity contribution in [2.24, 2.45) is 0 Å². The van der Waals surface area contributed by atoms with Gasteiger partial charge in [-0.3, -0.25) is 4.98 Å². The first kappa shape index (κ1) is 19.1. The van der Waals surface area contributed by atoms with Gasteiger partial charge in [-0.15, -0.1) is 0 Å². The Morgan fingerprint density at radius 1 is 1.21 bits per heavy atom. The summed E-state index contributed by atoms with van der Waals surface area (Å²) in [6, 6.07) is 14.3. The number of carbonyl (C=O) groups is 1. The maximum Gasteiger partial charge on any atom is 0.338 e. The van der Waals surface area contributed by atoms with Crippen molar-refractivity contribution in [3.63, 3.8) is 0 Å². The average molecular weight is 391 g/mol. The van der Waals surface area contributed by atoms with E-state index in [-0.39, 0.29) is 11.8 Å². The second-order valence-electron chi connectivity index (χ2n) is 7.16. The number of rotatable bonds is 5. The van der Waals surface area contributed by atoms with E-state index in [1.807, 2.05) is 18.2 Å². The molecule has 29 heavy (non-hydrogen) atoms. The molecule has 1 atom stereocenters. The summed E-state index contributed by atoms with van der Waals surface area (Å²) >= 11 is 0. The van der Waals surface area contributed by atoms with Crippen LogP contribution in [0.3, 0.4) is 0 Å². The molecule has 4 nitrogen and oxygen atoms in total. The molecule has 0 amide bonds. The predicted octanol–water partition coefficient (Wildman–Crippen LogP) is 5.17. The quantitative estimate of drug-likeness (QED) is 0.563. The lowest BCUT2D eigenvalue weighted by Gasteiger charge is -2.26. The zero-order valence-electron chi connectivity index (χ0n) is 16.2. The number of ether oxygens (including phenoxy) is 2. The molecule has 0 unspecified atom stereocenters. The molecule has 0 fully saturated rings. The van der Waals surface area contributed by atoms with Crippen molar-refractivity contribution in [1.82, 2.24) is 4.98 Å². The van der Waals surface area contributed by atoms with Crippen LogP contribution in [0.2, 0.25) is 0 Å². The molecular formula is C24H22FNO3. The van der Waals surface area contributed by atoms with Gasteiger partial charge >= 0.3 is 5.97 Å². The van der Waals surface area contributed by atoms with Crippen LogP contribution in [0.15, 0.2) is 60.9 Å². The monoisotopic (exact) mass is 391 g/mol. The number of carbonyl (C=O) groups excluding carboxylic acids is 1. The third kappa shape index (κ3) is 4.14. The molecular weight excluding hydrogens is 369 g/mol. The van der Waals surface area contributed by atoms with Crippen molar-refractivity contribution >= 4 is 5.97 Å². The van der Waals surface area contributed by atoms with E-state index in [0.29, 0.717) is 18.1 Å². The van der Waals surface area contributed by atoms with Crippen LogP contribution in [0.1, 0.15) is 40.2 Å². The molecule has 0 aliphatic carbocycles. The Kier molecular flexibility index (Phi) is 5.56. The third-order valence-electron chi connectivity index (χ3n) is 5.41. The van der Waals surface area contributed by atoms with E-state index in [1.54, 1.807) is 24.5 Å². The molecule has 0 N–H and O–H groups in total. The average Bonchev–Trinajstić information content (AvgIpc) is 2.77. The summed E-state index contributed by atoms with van der Waals surface area (Å²) in [6.07, 6.45) is 5.87. The maximum atomic E-state index is 13.6. The van der Waals surface area contributed by atoms with Crippen LogP contribution in [0.5, 0.6) is 5.75 Å². The minimum Gasteiger partial charge on any atom is -0.493 e. The predicted molar refractivity (Wildman–Crippen MR) is 109 cm³/mol. The number of fused-ring (bicyclic) bond motifs is 1. The molecule has 1 aliphatic heterocycles. The van der Waals surface area contributed by atoms with E-state index in [4.69, 9.17) is 9.47 Å². The van der Waals surface area contributed by atoms with Gasteiger partial charge in [-0.05, 0) is 71.7 Å². The van der Waals surface area contributed by atoms with Crippen LogP contribution in [0.4, 0.5) is 4.39 Å². The van der Waals surface area contributed by atoms with E-state index in [1.165, 1.54) is 19.2 Å². The SMILES string of the molecule is COC(=O)c1ccncc1CC[C@@H]1CCOc2cc(-c3cccc(F)c3)ccc21. The molecule has 4 rings (SSSR count). The number of pyridine rings is 1. The fourth-order valence-corrected chi connectivity index (χ4v) is 3.88. The molecule has 5 heteroatoms. The highest BCUT2D eigenvalue weighted by Crippen LogP contribution is 2.39. The second kappa shape index (κ2) is 8.43. The molecule has 2 aromatic carbocycles. The molecule has 3 aromatic rings. The summed E-state index contributed by atoms with van der Waals surface area (Å²) in [4.78, 5) is 16.1. The summed E-state index contributed by atoms with van der Waals surface area (Å²) in [5.41, 5.74) is 4.38. The minimum atomic E-state index is -0.338. The molecule has 2 heterocycles. The number of hydrogen-bond donors (Lipinski definition) is 0. The largest absolute Gasteiger partial charge is 0.493 e. The van der Waals surface area contributed by atoms with Crippen molar-refractivity contribution in [1.29, 1.82) is 0 Å². The van der Waals surface area contributed by atoms with Crippen molar-refractivity contribution in [3.8, 4) is 16.9 Å². The van der Waals surface area contributed by atoms with Gasteiger partial charge in [0.05, 0.1) is 19.3 Å². The summed E-state index contributed by atoms with van der Waals surface area (Å²) in [5, 5.41) is 0. The Hall–Kier alpha value is -3.21. The first-order valence-electron chi connectivity index (χ1n) is 9.69. The smallest absolute Gasteiger partial charge is 0.338 e. The van der Waals surface area contributed by atoms with Gasteiger partial charge in [-0.2, -0.15) is 0 Å². The van der Waals surface area contributed by atoms with Crippen molar-refractivity contribution in [2.75, 3.05) is 13.7 Å². The molecule has 0 radical (unpaired) electrons. The van der Waals surface area contributed by atoms with Crippen LogP contribution < -0.4 is 4.74 Å². The Bertz CT molecular complexity index is 1030. The van der Waals surface area contributed by atoms with Crippen LogP contribution >= 0.6 is 0 Å². The Labute approximate surface area is 169 Å². The zero-order valence-corrected chi connectivity index (χ0v) is 16.2. The Morgan fingerprint density at radius 2 is 2.07 bits per heavy atom. The fourth-order valence-electron chi connectivity index (χ4n) is 3.88. The highest BCUT2D eigenvalue weighted by molar-refractivity contribution is 5.90. The molecule has 0 saturated heterocycles. The van der Waals surface area contributed by atoms with Gasteiger partial charge in [0.25, 0.3) is 0 Å². The lowest BCUT2D eigenvalue weighted by atomic mass is 9.86. The van der Waals surface area contributed by atoms with E-state index in [0.717, 1.165) is 47.3 Å².